The lowest BCUT2D eigenvalue weighted by Crippen LogP contribution is -2.02. The molecule has 0 fully saturated rings. The van der Waals surface area contributed by atoms with Gasteiger partial charge < -0.3 is 19.9 Å². The van der Waals surface area contributed by atoms with Crippen molar-refractivity contribution in [1.29, 1.82) is 0 Å². The fraction of sp³-hybridized carbons (Fsp3) is 0.200. The summed E-state index contributed by atoms with van der Waals surface area (Å²) in [4.78, 5) is 0. The summed E-state index contributed by atoms with van der Waals surface area (Å²) in [5.74, 6) is 1.88. The second-order valence-electron chi connectivity index (χ2n) is 4.50. The molecule has 1 heterocycles. The molecule has 0 bridgehead atoms. The standard InChI is InChI=1S/C15H15NO3/c1-10-7-12(17)5-6-13(10)16-8-11-3-2-4-14-15(11)19-9-18-14/h2-7,16-17H,8-9H2,1H3. The van der Waals surface area contributed by atoms with Gasteiger partial charge in [-0.15, -0.1) is 0 Å². The molecule has 19 heavy (non-hydrogen) atoms. The van der Waals surface area contributed by atoms with Crippen LogP contribution in [0, 0.1) is 6.92 Å². The van der Waals surface area contributed by atoms with Crippen molar-refractivity contribution in [2.75, 3.05) is 12.1 Å². The fourth-order valence-electron chi connectivity index (χ4n) is 2.17. The molecule has 1 aliphatic rings. The van der Waals surface area contributed by atoms with Gasteiger partial charge in [0, 0.05) is 17.8 Å². The smallest absolute Gasteiger partial charge is 0.231 e. The van der Waals surface area contributed by atoms with Gasteiger partial charge in [-0.25, -0.2) is 0 Å². The van der Waals surface area contributed by atoms with Crippen molar-refractivity contribution < 1.29 is 14.6 Å². The highest BCUT2D eigenvalue weighted by Crippen LogP contribution is 2.35. The normalized spacial score (nSPS) is 12.5. The Labute approximate surface area is 111 Å². The number of aromatic hydroxyl groups is 1. The van der Waals surface area contributed by atoms with Crippen LogP contribution in [0.1, 0.15) is 11.1 Å². The SMILES string of the molecule is Cc1cc(O)ccc1NCc1cccc2c1OCO2. The molecule has 4 nitrogen and oxygen atoms in total. The Bertz CT molecular complexity index is 610. The summed E-state index contributed by atoms with van der Waals surface area (Å²) in [6.45, 7) is 2.89. The molecule has 1 aliphatic heterocycles. The molecular formula is C15H15NO3. The molecule has 0 saturated heterocycles. The van der Waals surface area contributed by atoms with Crippen molar-refractivity contribution in [2.24, 2.45) is 0 Å². The minimum Gasteiger partial charge on any atom is -0.508 e. The van der Waals surface area contributed by atoms with E-state index in [-0.39, 0.29) is 12.5 Å². The van der Waals surface area contributed by atoms with Crippen molar-refractivity contribution in [3.8, 4) is 17.2 Å². The van der Waals surface area contributed by atoms with E-state index in [1.165, 1.54) is 0 Å². The van der Waals surface area contributed by atoms with E-state index in [4.69, 9.17) is 9.47 Å². The maximum Gasteiger partial charge on any atom is 0.231 e. The molecule has 98 valence electrons. The number of para-hydroxylation sites is 1. The predicted molar refractivity (Wildman–Crippen MR) is 72.7 cm³/mol. The van der Waals surface area contributed by atoms with E-state index >= 15 is 0 Å². The van der Waals surface area contributed by atoms with Crippen LogP contribution in [0.2, 0.25) is 0 Å². The van der Waals surface area contributed by atoms with Crippen molar-refractivity contribution in [3.63, 3.8) is 0 Å². The molecule has 0 spiro atoms. The largest absolute Gasteiger partial charge is 0.508 e. The zero-order valence-electron chi connectivity index (χ0n) is 10.6. The summed E-state index contributed by atoms with van der Waals surface area (Å²) in [7, 11) is 0. The quantitative estimate of drug-likeness (QED) is 0.830. The van der Waals surface area contributed by atoms with Gasteiger partial charge in [0.1, 0.15) is 5.75 Å². The van der Waals surface area contributed by atoms with E-state index in [9.17, 15) is 5.11 Å². The van der Waals surface area contributed by atoms with Gasteiger partial charge in [0.25, 0.3) is 0 Å². The van der Waals surface area contributed by atoms with Crippen molar-refractivity contribution in [2.45, 2.75) is 13.5 Å². The Balaban J connectivity index is 1.78. The summed E-state index contributed by atoms with van der Waals surface area (Å²) >= 11 is 0. The lowest BCUT2D eigenvalue weighted by Gasteiger charge is -2.11. The van der Waals surface area contributed by atoms with Gasteiger partial charge in [-0.2, -0.15) is 0 Å². The number of phenolic OH excluding ortho intramolecular Hbond substituents is 1. The number of anilines is 1. The number of hydrogen-bond donors (Lipinski definition) is 2. The van der Waals surface area contributed by atoms with E-state index in [1.54, 1.807) is 12.1 Å². The third kappa shape index (κ3) is 2.29. The van der Waals surface area contributed by atoms with Crippen LogP contribution in [0.25, 0.3) is 0 Å². The van der Waals surface area contributed by atoms with E-state index in [0.29, 0.717) is 6.54 Å². The lowest BCUT2D eigenvalue weighted by atomic mass is 10.1. The minimum absolute atomic E-state index is 0.278. The van der Waals surface area contributed by atoms with Crippen LogP contribution in [0.15, 0.2) is 36.4 Å². The van der Waals surface area contributed by atoms with E-state index in [2.05, 4.69) is 5.32 Å². The van der Waals surface area contributed by atoms with Gasteiger partial charge in [0.05, 0.1) is 0 Å². The van der Waals surface area contributed by atoms with E-state index in [0.717, 1.165) is 28.3 Å². The number of rotatable bonds is 3. The monoisotopic (exact) mass is 257 g/mol. The number of benzene rings is 2. The maximum absolute atomic E-state index is 9.39. The second kappa shape index (κ2) is 4.72. The Hall–Kier alpha value is -2.36. The maximum atomic E-state index is 9.39. The van der Waals surface area contributed by atoms with Crippen LogP contribution in [0.3, 0.4) is 0 Å². The van der Waals surface area contributed by atoms with Gasteiger partial charge in [0.2, 0.25) is 6.79 Å². The summed E-state index contributed by atoms with van der Waals surface area (Å²) in [5, 5.41) is 12.7. The molecule has 0 radical (unpaired) electrons. The second-order valence-corrected chi connectivity index (χ2v) is 4.50. The first-order valence-electron chi connectivity index (χ1n) is 6.15. The molecule has 2 aromatic carbocycles. The average molecular weight is 257 g/mol. The highest BCUT2D eigenvalue weighted by atomic mass is 16.7. The zero-order valence-corrected chi connectivity index (χ0v) is 10.6. The summed E-state index contributed by atoms with van der Waals surface area (Å²) in [5.41, 5.74) is 3.06. The Kier molecular flexibility index (Phi) is 2.91. The Morgan fingerprint density at radius 1 is 1.21 bits per heavy atom. The number of ether oxygens (including phenoxy) is 2. The number of hydrogen-bond acceptors (Lipinski definition) is 4. The lowest BCUT2D eigenvalue weighted by molar-refractivity contribution is 0.173. The first kappa shape index (κ1) is 11.7. The molecule has 0 amide bonds. The molecule has 0 atom stereocenters. The summed E-state index contributed by atoms with van der Waals surface area (Å²) in [6, 6.07) is 11.1. The molecule has 0 saturated carbocycles. The molecule has 2 aromatic rings. The van der Waals surface area contributed by atoms with Crippen molar-refractivity contribution in [3.05, 3.63) is 47.5 Å². The molecule has 3 rings (SSSR count). The number of phenols is 1. The van der Waals surface area contributed by atoms with Gasteiger partial charge in [-0.05, 0) is 36.8 Å². The van der Waals surface area contributed by atoms with E-state index < -0.39 is 0 Å². The third-order valence-electron chi connectivity index (χ3n) is 3.16. The summed E-state index contributed by atoms with van der Waals surface area (Å²) in [6.07, 6.45) is 0. The highest BCUT2D eigenvalue weighted by Gasteiger charge is 2.16. The van der Waals surface area contributed by atoms with E-state index in [1.807, 2.05) is 31.2 Å². The number of fused-ring (bicyclic) bond motifs is 1. The van der Waals surface area contributed by atoms with Crippen LogP contribution in [-0.2, 0) is 6.54 Å². The van der Waals surface area contributed by atoms with Crippen molar-refractivity contribution >= 4 is 5.69 Å². The predicted octanol–water partition coefficient (Wildman–Crippen LogP) is 3.04. The minimum atomic E-state index is 0.278. The van der Waals surface area contributed by atoms with Gasteiger partial charge in [0.15, 0.2) is 11.5 Å². The number of aryl methyl sites for hydroxylation is 1. The molecule has 0 unspecified atom stereocenters. The zero-order chi connectivity index (χ0) is 13.2. The van der Waals surface area contributed by atoms with Crippen LogP contribution in [0.4, 0.5) is 5.69 Å². The average Bonchev–Trinajstić information content (AvgIpc) is 2.86. The summed E-state index contributed by atoms with van der Waals surface area (Å²) < 4.78 is 10.8. The highest BCUT2D eigenvalue weighted by molar-refractivity contribution is 5.55. The van der Waals surface area contributed by atoms with Gasteiger partial charge in [-0.1, -0.05) is 12.1 Å². The fourth-order valence-corrected chi connectivity index (χ4v) is 2.17. The van der Waals surface area contributed by atoms with Crippen LogP contribution >= 0.6 is 0 Å². The first-order chi connectivity index (χ1) is 9.24. The molecule has 0 aromatic heterocycles. The third-order valence-corrected chi connectivity index (χ3v) is 3.16. The van der Waals surface area contributed by atoms with Crippen LogP contribution < -0.4 is 14.8 Å². The van der Waals surface area contributed by atoms with Crippen molar-refractivity contribution in [1.82, 2.24) is 0 Å². The van der Waals surface area contributed by atoms with Gasteiger partial charge in [-0.3, -0.25) is 0 Å². The Morgan fingerprint density at radius 2 is 2.11 bits per heavy atom. The van der Waals surface area contributed by atoms with Gasteiger partial charge >= 0.3 is 0 Å². The molecule has 4 heteroatoms. The Morgan fingerprint density at radius 3 is 2.95 bits per heavy atom. The molecular weight excluding hydrogens is 242 g/mol. The topological polar surface area (TPSA) is 50.7 Å². The number of nitrogens with one attached hydrogen (secondary N) is 1. The van der Waals surface area contributed by atoms with Crippen LogP contribution in [-0.4, -0.2) is 11.9 Å². The molecule has 0 aliphatic carbocycles. The van der Waals surface area contributed by atoms with Crippen LogP contribution in [0.5, 0.6) is 17.2 Å². The first-order valence-corrected chi connectivity index (χ1v) is 6.15. The molecule has 2 N–H and O–H groups in total.